The van der Waals surface area contributed by atoms with Gasteiger partial charge in [-0.05, 0) is 18.7 Å². The Balaban J connectivity index is 2.58. The highest BCUT2D eigenvalue weighted by molar-refractivity contribution is 5.32. The molecule has 0 aliphatic carbocycles. The smallest absolute Gasteiger partial charge is 0.118 e. The predicted molar refractivity (Wildman–Crippen MR) is 50.6 cm³/mol. The molecule has 0 heterocycles. The molecule has 0 bridgehead atoms. The van der Waals surface area contributed by atoms with Gasteiger partial charge >= 0.3 is 0 Å². The summed E-state index contributed by atoms with van der Waals surface area (Å²) in [6.45, 7) is 0.314. The van der Waals surface area contributed by atoms with Crippen molar-refractivity contribution in [2.24, 2.45) is 0 Å². The third-order valence-electron chi connectivity index (χ3n) is 1.86. The van der Waals surface area contributed by atoms with Gasteiger partial charge in [0.25, 0.3) is 0 Å². The number of aromatic hydroxyl groups is 1. The first-order valence-corrected chi connectivity index (χ1v) is 4.29. The van der Waals surface area contributed by atoms with Gasteiger partial charge in [0.1, 0.15) is 11.9 Å². The van der Waals surface area contributed by atoms with Crippen LogP contribution in [0.5, 0.6) is 5.75 Å². The van der Waals surface area contributed by atoms with Crippen LogP contribution < -0.4 is 5.32 Å². The minimum Gasteiger partial charge on any atom is -0.508 e. The van der Waals surface area contributed by atoms with E-state index < -0.39 is 6.17 Å². The van der Waals surface area contributed by atoms with Crippen LogP contribution in [0.4, 0.5) is 4.39 Å². The minimum atomic E-state index is -0.946. The molecule has 1 rings (SSSR count). The molecule has 1 aromatic rings. The molecule has 72 valence electrons. The van der Waals surface area contributed by atoms with Crippen molar-refractivity contribution in [3.63, 3.8) is 0 Å². The summed E-state index contributed by atoms with van der Waals surface area (Å²) in [6, 6.07) is 6.82. The molecule has 2 nitrogen and oxygen atoms in total. The summed E-state index contributed by atoms with van der Waals surface area (Å²) in [5, 5.41) is 12.1. The Morgan fingerprint density at radius 2 is 2.15 bits per heavy atom. The number of alkyl halides is 1. The highest BCUT2D eigenvalue weighted by Gasteiger charge is 2.08. The average molecular weight is 183 g/mol. The maximum absolute atomic E-state index is 13.1. The fourth-order valence-electron chi connectivity index (χ4n) is 1.22. The van der Waals surface area contributed by atoms with Crippen LogP contribution in [0.3, 0.4) is 0 Å². The van der Waals surface area contributed by atoms with E-state index in [1.807, 2.05) is 0 Å². The molecule has 0 fully saturated rings. The van der Waals surface area contributed by atoms with Crippen molar-refractivity contribution in [2.45, 2.75) is 12.6 Å². The van der Waals surface area contributed by atoms with Crippen molar-refractivity contribution in [3.05, 3.63) is 29.8 Å². The lowest BCUT2D eigenvalue weighted by atomic mass is 10.1. The molecule has 13 heavy (non-hydrogen) atoms. The third-order valence-corrected chi connectivity index (χ3v) is 1.86. The monoisotopic (exact) mass is 183 g/mol. The van der Waals surface area contributed by atoms with Gasteiger partial charge in [0.15, 0.2) is 0 Å². The lowest BCUT2D eigenvalue weighted by Gasteiger charge is -2.08. The second-order valence-corrected chi connectivity index (χ2v) is 2.99. The van der Waals surface area contributed by atoms with Crippen molar-refractivity contribution in [1.82, 2.24) is 5.32 Å². The summed E-state index contributed by atoms with van der Waals surface area (Å²) in [6.07, 6.45) is -0.689. The van der Waals surface area contributed by atoms with E-state index in [-0.39, 0.29) is 12.2 Å². The molecule has 1 atom stereocenters. The standard InChI is InChI=1S/C10H14FNO/c1-12-7-9(11)6-8-4-2-3-5-10(8)13/h2-5,9,12-13H,6-7H2,1H3. The lowest BCUT2D eigenvalue weighted by Crippen LogP contribution is -2.21. The number of benzene rings is 1. The van der Waals surface area contributed by atoms with E-state index in [1.165, 1.54) is 0 Å². The van der Waals surface area contributed by atoms with Gasteiger partial charge in [0, 0.05) is 13.0 Å². The van der Waals surface area contributed by atoms with Crippen LogP contribution in [0.15, 0.2) is 24.3 Å². The van der Waals surface area contributed by atoms with Crippen LogP contribution in [0, 0.1) is 0 Å². The van der Waals surface area contributed by atoms with Crippen LogP contribution in [0.1, 0.15) is 5.56 Å². The van der Waals surface area contributed by atoms with Crippen molar-refractivity contribution < 1.29 is 9.50 Å². The predicted octanol–water partition coefficient (Wildman–Crippen LogP) is 1.49. The van der Waals surface area contributed by atoms with Gasteiger partial charge in [0.2, 0.25) is 0 Å². The number of phenolic OH excluding ortho intramolecular Hbond substituents is 1. The van der Waals surface area contributed by atoms with Crippen LogP contribution in [-0.4, -0.2) is 24.9 Å². The van der Waals surface area contributed by atoms with E-state index in [4.69, 9.17) is 0 Å². The zero-order valence-corrected chi connectivity index (χ0v) is 7.63. The molecule has 1 aromatic carbocycles. The molecular formula is C10H14FNO. The van der Waals surface area contributed by atoms with Crippen molar-refractivity contribution in [3.8, 4) is 5.75 Å². The van der Waals surface area contributed by atoms with E-state index in [0.717, 1.165) is 0 Å². The number of hydrogen-bond donors (Lipinski definition) is 2. The molecule has 2 N–H and O–H groups in total. The first-order chi connectivity index (χ1) is 6.24. The molecule has 0 aliphatic heterocycles. The van der Waals surface area contributed by atoms with Gasteiger partial charge in [-0.3, -0.25) is 0 Å². The maximum atomic E-state index is 13.1. The quantitative estimate of drug-likeness (QED) is 0.741. The Morgan fingerprint density at radius 3 is 2.77 bits per heavy atom. The fourth-order valence-corrected chi connectivity index (χ4v) is 1.22. The van der Waals surface area contributed by atoms with Crippen LogP contribution >= 0.6 is 0 Å². The van der Waals surface area contributed by atoms with E-state index >= 15 is 0 Å². The number of rotatable bonds is 4. The summed E-state index contributed by atoms with van der Waals surface area (Å²) in [5.41, 5.74) is 0.658. The third kappa shape index (κ3) is 3.03. The molecule has 0 saturated heterocycles. The number of halogens is 1. The number of para-hydroxylation sites is 1. The molecule has 3 heteroatoms. The molecule has 0 spiro atoms. The molecule has 1 unspecified atom stereocenters. The zero-order chi connectivity index (χ0) is 9.68. The second kappa shape index (κ2) is 4.82. The molecule has 0 radical (unpaired) electrons. The van der Waals surface area contributed by atoms with Crippen molar-refractivity contribution in [1.29, 1.82) is 0 Å². The Hall–Kier alpha value is -1.09. The first-order valence-electron chi connectivity index (χ1n) is 4.29. The van der Waals surface area contributed by atoms with Crippen molar-refractivity contribution >= 4 is 0 Å². The van der Waals surface area contributed by atoms with Gasteiger partial charge in [-0.1, -0.05) is 18.2 Å². The Bertz CT molecular complexity index is 265. The summed E-state index contributed by atoms with van der Waals surface area (Å²) < 4.78 is 13.1. The zero-order valence-electron chi connectivity index (χ0n) is 7.63. The Kier molecular flexibility index (Phi) is 3.71. The Labute approximate surface area is 77.4 Å². The molecule has 0 saturated carbocycles. The maximum Gasteiger partial charge on any atom is 0.118 e. The molecule has 0 aromatic heterocycles. The molecular weight excluding hydrogens is 169 g/mol. The van der Waals surface area contributed by atoms with E-state index in [2.05, 4.69) is 5.32 Å². The molecule has 0 amide bonds. The van der Waals surface area contributed by atoms with Crippen LogP contribution in [-0.2, 0) is 6.42 Å². The Morgan fingerprint density at radius 1 is 1.46 bits per heavy atom. The first kappa shape index (κ1) is 9.99. The van der Waals surface area contributed by atoms with Gasteiger partial charge in [-0.2, -0.15) is 0 Å². The van der Waals surface area contributed by atoms with E-state index in [0.29, 0.717) is 12.1 Å². The van der Waals surface area contributed by atoms with Gasteiger partial charge in [-0.15, -0.1) is 0 Å². The summed E-state index contributed by atoms with van der Waals surface area (Å²) >= 11 is 0. The largest absolute Gasteiger partial charge is 0.508 e. The van der Waals surface area contributed by atoms with Crippen LogP contribution in [0.25, 0.3) is 0 Å². The van der Waals surface area contributed by atoms with Crippen LogP contribution in [0.2, 0.25) is 0 Å². The summed E-state index contributed by atoms with van der Waals surface area (Å²) in [4.78, 5) is 0. The topological polar surface area (TPSA) is 32.3 Å². The van der Waals surface area contributed by atoms with Gasteiger partial charge < -0.3 is 10.4 Å². The van der Waals surface area contributed by atoms with Gasteiger partial charge in [-0.25, -0.2) is 4.39 Å². The normalized spacial score (nSPS) is 12.8. The lowest BCUT2D eigenvalue weighted by molar-refractivity contribution is 0.320. The average Bonchev–Trinajstić information content (AvgIpc) is 2.09. The highest BCUT2D eigenvalue weighted by Crippen LogP contribution is 2.17. The SMILES string of the molecule is CNCC(F)Cc1ccccc1O. The number of phenols is 1. The van der Waals surface area contributed by atoms with E-state index in [9.17, 15) is 9.50 Å². The van der Waals surface area contributed by atoms with Crippen molar-refractivity contribution in [2.75, 3.05) is 13.6 Å². The van der Waals surface area contributed by atoms with E-state index in [1.54, 1.807) is 31.3 Å². The highest BCUT2D eigenvalue weighted by atomic mass is 19.1. The molecule has 0 aliphatic rings. The second-order valence-electron chi connectivity index (χ2n) is 2.99. The summed E-state index contributed by atoms with van der Waals surface area (Å²) in [7, 11) is 1.71. The summed E-state index contributed by atoms with van der Waals surface area (Å²) in [5.74, 6) is 0.168. The number of nitrogens with one attached hydrogen (secondary N) is 1. The number of hydrogen-bond acceptors (Lipinski definition) is 2. The fraction of sp³-hybridized carbons (Fsp3) is 0.400. The minimum absolute atomic E-state index is 0.168. The van der Waals surface area contributed by atoms with Gasteiger partial charge in [0.05, 0.1) is 0 Å².